The van der Waals surface area contributed by atoms with Crippen molar-refractivity contribution in [2.24, 2.45) is 10.9 Å². The highest BCUT2D eigenvalue weighted by atomic mass is 16.5. The summed E-state index contributed by atoms with van der Waals surface area (Å²) in [5, 5.41) is 3.52. The van der Waals surface area contributed by atoms with E-state index in [2.05, 4.69) is 37.9 Å². The summed E-state index contributed by atoms with van der Waals surface area (Å²) < 4.78 is 8.04. The van der Waals surface area contributed by atoms with E-state index in [1.54, 1.807) is 0 Å². The first kappa shape index (κ1) is 16.3. The van der Waals surface area contributed by atoms with Crippen molar-refractivity contribution in [3.05, 3.63) is 18.7 Å². The molecule has 3 unspecified atom stereocenters. The molecule has 2 fully saturated rings. The van der Waals surface area contributed by atoms with Crippen LogP contribution in [0.25, 0.3) is 0 Å². The Morgan fingerprint density at radius 1 is 1.39 bits per heavy atom. The third-order valence-corrected chi connectivity index (χ3v) is 5.10. The molecule has 0 amide bonds. The molecular formula is C17H29N5O. The number of aromatic nitrogens is 2. The van der Waals surface area contributed by atoms with Gasteiger partial charge in [0.2, 0.25) is 0 Å². The van der Waals surface area contributed by atoms with Gasteiger partial charge >= 0.3 is 0 Å². The van der Waals surface area contributed by atoms with Crippen molar-refractivity contribution in [1.29, 1.82) is 0 Å². The lowest BCUT2D eigenvalue weighted by atomic mass is 9.93. The minimum atomic E-state index is 0.327. The van der Waals surface area contributed by atoms with Crippen LogP contribution in [0.4, 0.5) is 0 Å². The molecule has 0 bridgehead atoms. The van der Waals surface area contributed by atoms with Gasteiger partial charge in [0.1, 0.15) is 0 Å². The monoisotopic (exact) mass is 319 g/mol. The molecule has 1 aromatic rings. The lowest BCUT2D eigenvalue weighted by Gasteiger charge is -2.39. The molecule has 6 heteroatoms. The van der Waals surface area contributed by atoms with Crippen LogP contribution in [0, 0.1) is 5.92 Å². The van der Waals surface area contributed by atoms with Gasteiger partial charge in [0.15, 0.2) is 5.96 Å². The van der Waals surface area contributed by atoms with Crippen molar-refractivity contribution in [2.45, 2.75) is 44.8 Å². The Morgan fingerprint density at radius 3 is 3.00 bits per heavy atom. The summed E-state index contributed by atoms with van der Waals surface area (Å²) in [4.78, 5) is 11.1. The Kier molecular flexibility index (Phi) is 5.54. The van der Waals surface area contributed by atoms with E-state index in [1.807, 2.05) is 19.6 Å². The van der Waals surface area contributed by atoms with Gasteiger partial charge in [0.05, 0.1) is 18.5 Å². The van der Waals surface area contributed by atoms with E-state index in [-0.39, 0.29) is 0 Å². The standard InChI is InChI=1S/C17H29N5O/c1-14-6-8-21(12-16(14)22-9-7-19-13-22)17(18-2)20-11-15-5-3-4-10-23-15/h7,9,13-16H,3-6,8,10-12H2,1-2H3,(H,18,20). The molecule has 1 N–H and O–H groups in total. The lowest BCUT2D eigenvalue weighted by Crippen LogP contribution is -2.50. The zero-order valence-corrected chi connectivity index (χ0v) is 14.3. The third-order valence-electron chi connectivity index (χ3n) is 5.10. The third kappa shape index (κ3) is 4.05. The van der Waals surface area contributed by atoms with Crippen molar-refractivity contribution in [2.75, 3.05) is 33.3 Å². The second-order valence-electron chi connectivity index (χ2n) is 6.71. The molecule has 0 aromatic carbocycles. The summed E-state index contributed by atoms with van der Waals surface area (Å²) in [5.41, 5.74) is 0. The SMILES string of the molecule is CN=C(NCC1CCCCO1)N1CCC(C)C(n2ccnc2)C1. The van der Waals surface area contributed by atoms with Gasteiger partial charge in [-0.15, -0.1) is 0 Å². The molecule has 3 rings (SSSR count). The van der Waals surface area contributed by atoms with E-state index >= 15 is 0 Å². The Bertz CT molecular complexity index is 495. The molecule has 0 aliphatic carbocycles. The van der Waals surface area contributed by atoms with Gasteiger partial charge in [-0.05, 0) is 31.6 Å². The molecule has 3 atom stereocenters. The maximum absolute atomic E-state index is 5.81. The minimum Gasteiger partial charge on any atom is -0.376 e. The van der Waals surface area contributed by atoms with Crippen molar-refractivity contribution in [3.63, 3.8) is 0 Å². The lowest BCUT2D eigenvalue weighted by molar-refractivity contribution is 0.0189. The highest BCUT2D eigenvalue weighted by Gasteiger charge is 2.29. The number of nitrogens with one attached hydrogen (secondary N) is 1. The van der Waals surface area contributed by atoms with Crippen LogP contribution in [-0.4, -0.2) is 59.8 Å². The molecule has 0 spiro atoms. The summed E-state index contributed by atoms with van der Waals surface area (Å²) in [5.74, 6) is 1.65. The van der Waals surface area contributed by atoms with Gasteiger partial charge in [-0.2, -0.15) is 0 Å². The number of hydrogen-bond acceptors (Lipinski definition) is 3. The van der Waals surface area contributed by atoms with Crippen molar-refractivity contribution in [3.8, 4) is 0 Å². The maximum Gasteiger partial charge on any atom is 0.193 e. The molecule has 2 aliphatic rings. The number of nitrogens with zero attached hydrogens (tertiary/aromatic N) is 4. The van der Waals surface area contributed by atoms with Crippen LogP contribution >= 0.6 is 0 Å². The zero-order chi connectivity index (χ0) is 16.1. The van der Waals surface area contributed by atoms with E-state index in [0.717, 1.165) is 38.6 Å². The first-order valence-corrected chi connectivity index (χ1v) is 8.82. The number of imidazole rings is 1. The fourth-order valence-electron chi connectivity index (χ4n) is 3.60. The normalized spacial score (nSPS) is 29.6. The number of ether oxygens (including phenoxy) is 1. The molecule has 0 saturated carbocycles. The van der Waals surface area contributed by atoms with Crippen LogP contribution in [0.5, 0.6) is 0 Å². The topological polar surface area (TPSA) is 54.7 Å². The number of piperidine rings is 1. The molecule has 23 heavy (non-hydrogen) atoms. The predicted molar refractivity (Wildman–Crippen MR) is 91.6 cm³/mol. The molecule has 2 aliphatic heterocycles. The van der Waals surface area contributed by atoms with E-state index in [0.29, 0.717) is 18.1 Å². The summed E-state index contributed by atoms with van der Waals surface area (Å²) in [6.45, 7) is 6.11. The van der Waals surface area contributed by atoms with Gasteiger partial charge in [0.25, 0.3) is 0 Å². The number of rotatable bonds is 3. The van der Waals surface area contributed by atoms with Crippen LogP contribution in [0.15, 0.2) is 23.7 Å². The first-order chi connectivity index (χ1) is 11.3. The quantitative estimate of drug-likeness (QED) is 0.683. The minimum absolute atomic E-state index is 0.327. The smallest absolute Gasteiger partial charge is 0.193 e. The van der Waals surface area contributed by atoms with Crippen LogP contribution in [-0.2, 0) is 4.74 Å². The van der Waals surface area contributed by atoms with Crippen LogP contribution in [0.2, 0.25) is 0 Å². The summed E-state index contributed by atoms with van der Waals surface area (Å²) in [6.07, 6.45) is 11.0. The van der Waals surface area contributed by atoms with Crippen LogP contribution < -0.4 is 5.32 Å². The summed E-state index contributed by atoms with van der Waals surface area (Å²) >= 11 is 0. The van der Waals surface area contributed by atoms with E-state index in [1.165, 1.54) is 19.3 Å². The van der Waals surface area contributed by atoms with Crippen molar-refractivity contribution in [1.82, 2.24) is 19.8 Å². The molecule has 128 valence electrons. The Hall–Kier alpha value is -1.56. The van der Waals surface area contributed by atoms with Gasteiger partial charge in [-0.25, -0.2) is 4.98 Å². The number of likely N-dealkylation sites (tertiary alicyclic amines) is 1. The first-order valence-electron chi connectivity index (χ1n) is 8.82. The highest BCUT2D eigenvalue weighted by molar-refractivity contribution is 5.80. The average Bonchev–Trinajstić information content (AvgIpc) is 3.12. The second kappa shape index (κ2) is 7.81. The average molecular weight is 319 g/mol. The molecule has 0 radical (unpaired) electrons. The van der Waals surface area contributed by atoms with E-state index < -0.39 is 0 Å². The van der Waals surface area contributed by atoms with Gasteiger partial charge in [-0.1, -0.05) is 6.92 Å². The molecule has 1 aromatic heterocycles. The number of aliphatic imine (C=N–C) groups is 1. The second-order valence-corrected chi connectivity index (χ2v) is 6.71. The fraction of sp³-hybridized carbons (Fsp3) is 0.765. The van der Waals surface area contributed by atoms with Crippen LogP contribution in [0.3, 0.4) is 0 Å². The predicted octanol–water partition coefficient (Wildman–Crippen LogP) is 1.91. The molecule has 2 saturated heterocycles. The number of guanidine groups is 1. The van der Waals surface area contributed by atoms with Crippen molar-refractivity contribution < 1.29 is 4.74 Å². The van der Waals surface area contributed by atoms with E-state index in [4.69, 9.17) is 4.74 Å². The molecular weight excluding hydrogens is 290 g/mol. The van der Waals surface area contributed by atoms with Crippen molar-refractivity contribution >= 4 is 5.96 Å². The van der Waals surface area contributed by atoms with Gasteiger partial charge in [0, 0.05) is 45.7 Å². The van der Waals surface area contributed by atoms with Crippen LogP contribution in [0.1, 0.15) is 38.6 Å². The summed E-state index contributed by atoms with van der Waals surface area (Å²) in [6, 6.07) is 0.454. The molecule has 3 heterocycles. The number of hydrogen-bond donors (Lipinski definition) is 1. The summed E-state index contributed by atoms with van der Waals surface area (Å²) in [7, 11) is 1.87. The molecule has 6 nitrogen and oxygen atoms in total. The Balaban J connectivity index is 1.57. The van der Waals surface area contributed by atoms with E-state index in [9.17, 15) is 0 Å². The highest BCUT2D eigenvalue weighted by Crippen LogP contribution is 2.27. The van der Waals surface area contributed by atoms with Gasteiger partial charge in [-0.3, -0.25) is 4.99 Å². The van der Waals surface area contributed by atoms with Gasteiger partial charge < -0.3 is 19.5 Å². The maximum atomic E-state index is 5.81. The zero-order valence-electron chi connectivity index (χ0n) is 14.3. The fourth-order valence-corrected chi connectivity index (χ4v) is 3.60. The Labute approximate surface area is 138 Å². The Morgan fingerprint density at radius 2 is 2.30 bits per heavy atom. The largest absolute Gasteiger partial charge is 0.376 e.